The van der Waals surface area contributed by atoms with Crippen LogP contribution in [0.15, 0.2) is 23.4 Å². The average Bonchev–Trinajstić information content (AvgIpc) is 2.57. The zero-order chi connectivity index (χ0) is 14.4. The molecule has 0 unspecified atom stereocenters. The predicted octanol–water partition coefficient (Wildman–Crippen LogP) is 3.20. The fourth-order valence-electron chi connectivity index (χ4n) is 1.84. The molecule has 1 N–H and O–H groups in total. The van der Waals surface area contributed by atoms with E-state index in [0.717, 1.165) is 16.7 Å². The van der Waals surface area contributed by atoms with Gasteiger partial charge in [0.25, 0.3) is 0 Å². The van der Waals surface area contributed by atoms with Crippen LogP contribution in [0.5, 0.6) is 0 Å². The third-order valence-corrected chi connectivity index (χ3v) is 2.69. The summed E-state index contributed by atoms with van der Waals surface area (Å²) in [6.07, 6.45) is -4.91. The fourth-order valence-corrected chi connectivity index (χ4v) is 1.84. The zero-order valence-corrected chi connectivity index (χ0v) is 9.46. The smallest absolute Gasteiger partial charge is 0.410 e. The largest absolute Gasteiger partial charge is 0.438 e. The van der Waals surface area contributed by atoms with E-state index in [1.54, 1.807) is 0 Å². The second-order valence-electron chi connectivity index (χ2n) is 3.86. The minimum Gasteiger partial charge on any atom is -0.410 e. The van der Waals surface area contributed by atoms with Crippen molar-refractivity contribution in [2.45, 2.75) is 6.18 Å². The summed E-state index contributed by atoms with van der Waals surface area (Å²) in [7, 11) is 1.19. The molecule has 2 rings (SSSR count). The van der Waals surface area contributed by atoms with E-state index < -0.39 is 29.2 Å². The SMILES string of the molecule is Cn1c(/C(=N\O)C(F)(F)F)cc2c(F)cc(F)cc21. The van der Waals surface area contributed by atoms with Gasteiger partial charge < -0.3 is 9.77 Å². The number of hydrogen-bond donors (Lipinski definition) is 1. The number of nitrogens with zero attached hydrogens (tertiary/aromatic N) is 2. The Morgan fingerprint density at radius 1 is 1.21 bits per heavy atom. The molecule has 0 aliphatic carbocycles. The van der Waals surface area contributed by atoms with Crippen molar-refractivity contribution < 1.29 is 27.2 Å². The van der Waals surface area contributed by atoms with Crippen molar-refractivity contribution >= 4 is 16.6 Å². The lowest BCUT2D eigenvalue weighted by atomic mass is 10.2. The maximum Gasteiger partial charge on any atom is 0.438 e. The topological polar surface area (TPSA) is 37.5 Å². The lowest BCUT2D eigenvalue weighted by molar-refractivity contribution is -0.0604. The van der Waals surface area contributed by atoms with E-state index >= 15 is 0 Å². The molecule has 0 radical (unpaired) electrons. The van der Waals surface area contributed by atoms with Gasteiger partial charge in [0.2, 0.25) is 5.71 Å². The summed E-state index contributed by atoms with van der Waals surface area (Å²) in [4.78, 5) is 0. The summed E-state index contributed by atoms with van der Waals surface area (Å²) in [6, 6.07) is 2.31. The Morgan fingerprint density at radius 2 is 1.84 bits per heavy atom. The van der Waals surface area contributed by atoms with Crippen LogP contribution >= 0.6 is 0 Å². The molecular weight excluding hydrogens is 271 g/mol. The van der Waals surface area contributed by atoms with Gasteiger partial charge in [0.15, 0.2) is 0 Å². The second kappa shape index (κ2) is 4.22. The van der Waals surface area contributed by atoms with Crippen molar-refractivity contribution in [1.82, 2.24) is 4.57 Å². The number of aromatic nitrogens is 1. The molecule has 0 saturated heterocycles. The molecule has 1 aromatic heterocycles. The van der Waals surface area contributed by atoms with Gasteiger partial charge in [0.05, 0.1) is 11.2 Å². The Labute approximate surface area is 103 Å². The summed E-state index contributed by atoms with van der Waals surface area (Å²) >= 11 is 0. The Balaban J connectivity index is 2.77. The van der Waals surface area contributed by atoms with Gasteiger partial charge in [-0.25, -0.2) is 8.78 Å². The molecule has 0 aliphatic rings. The van der Waals surface area contributed by atoms with Crippen LogP contribution in [0.4, 0.5) is 22.0 Å². The molecule has 0 bridgehead atoms. The van der Waals surface area contributed by atoms with Gasteiger partial charge in [-0.3, -0.25) is 0 Å². The number of oxime groups is 1. The second-order valence-corrected chi connectivity index (χ2v) is 3.86. The Morgan fingerprint density at radius 3 is 2.37 bits per heavy atom. The highest BCUT2D eigenvalue weighted by atomic mass is 19.4. The van der Waals surface area contributed by atoms with Crippen LogP contribution < -0.4 is 0 Å². The van der Waals surface area contributed by atoms with E-state index in [1.807, 2.05) is 0 Å². The number of fused-ring (bicyclic) bond motifs is 1. The summed E-state index contributed by atoms with van der Waals surface area (Å²) in [6.45, 7) is 0. The van der Waals surface area contributed by atoms with Crippen LogP contribution in [-0.4, -0.2) is 21.7 Å². The molecule has 102 valence electrons. The van der Waals surface area contributed by atoms with Crippen molar-refractivity contribution in [3.63, 3.8) is 0 Å². The third kappa shape index (κ3) is 2.13. The maximum atomic E-state index is 13.5. The fraction of sp³-hybridized carbons (Fsp3) is 0.182. The molecule has 0 fully saturated rings. The molecule has 3 nitrogen and oxygen atoms in total. The maximum absolute atomic E-state index is 13.5. The first-order chi connectivity index (χ1) is 8.75. The number of halogens is 5. The van der Waals surface area contributed by atoms with Gasteiger partial charge in [-0.15, -0.1) is 0 Å². The molecule has 0 aliphatic heterocycles. The lowest BCUT2D eigenvalue weighted by Crippen LogP contribution is -2.26. The van der Waals surface area contributed by atoms with Gasteiger partial charge in [0.1, 0.15) is 11.6 Å². The predicted molar refractivity (Wildman–Crippen MR) is 57.2 cm³/mol. The molecular formula is C11H7F5N2O. The Hall–Kier alpha value is -2.12. The van der Waals surface area contributed by atoms with E-state index in [-0.39, 0.29) is 10.9 Å². The van der Waals surface area contributed by atoms with Crippen molar-refractivity contribution in [3.8, 4) is 0 Å². The van der Waals surface area contributed by atoms with Crippen LogP contribution in [0.2, 0.25) is 0 Å². The molecule has 19 heavy (non-hydrogen) atoms. The van der Waals surface area contributed by atoms with Gasteiger partial charge in [0, 0.05) is 18.5 Å². The highest BCUT2D eigenvalue weighted by Crippen LogP contribution is 2.28. The number of hydrogen-bond acceptors (Lipinski definition) is 2. The van der Waals surface area contributed by atoms with Gasteiger partial charge >= 0.3 is 6.18 Å². The highest BCUT2D eigenvalue weighted by molar-refractivity contribution is 6.06. The first-order valence-electron chi connectivity index (χ1n) is 4.99. The summed E-state index contributed by atoms with van der Waals surface area (Å²) in [5.41, 5.74) is -2.21. The van der Waals surface area contributed by atoms with Crippen molar-refractivity contribution in [1.29, 1.82) is 0 Å². The molecule has 1 aromatic carbocycles. The van der Waals surface area contributed by atoms with Crippen LogP contribution in [0.25, 0.3) is 10.9 Å². The summed E-state index contributed by atoms with van der Waals surface area (Å²) in [5, 5.41) is 10.5. The van der Waals surface area contributed by atoms with Crippen LogP contribution in [-0.2, 0) is 7.05 Å². The van der Waals surface area contributed by atoms with Crippen LogP contribution in [0.1, 0.15) is 5.69 Å². The minimum absolute atomic E-state index is 0.0714. The van der Waals surface area contributed by atoms with Crippen LogP contribution in [0, 0.1) is 11.6 Å². The average molecular weight is 278 g/mol. The van der Waals surface area contributed by atoms with Crippen molar-refractivity contribution in [2.75, 3.05) is 0 Å². The van der Waals surface area contributed by atoms with Gasteiger partial charge in [-0.05, 0) is 12.1 Å². The minimum atomic E-state index is -4.91. The number of alkyl halides is 3. The molecule has 8 heteroatoms. The molecule has 0 atom stereocenters. The van der Waals surface area contributed by atoms with E-state index in [2.05, 4.69) is 5.16 Å². The number of aryl methyl sites for hydroxylation is 1. The van der Waals surface area contributed by atoms with E-state index in [0.29, 0.717) is 6.07 Å². The summed E-state index contributed by atoms with van der Waals surface area (Å²) in [5.74, 6) is -1.90. The quantitative estimate of drug-likeness (QED) is 0.370. The zero-order valence-electron chi connectivity index (χ0n) is 9.46. The standard InChI is InChI=1S/C11H7F5N2O/c1-18-8-3-5(12)2-7(13)6(8)4-9(18)10(17-19)11(14,15)16/h2-4,19H,1H3/b17-10+. The van der Waals surface area contributed by atoms with Crippen molar-refractivity contribution in [3.05, 3.63) is 35.5 Å². The normalized spacial score (nSPS) is 13.3. The Kier molecular flexibility index (Phi) is 2.95. The van der Waals surface area contributed by atoms with Crippen LogP contribution in [0.3, 0.4) is 0 Å². The third-order valence-electron chi connectivity index (χ3n) is 2.69. The molecule has 2 aromatic rings. The highest BCUT2D eigenvalue weighted by Gasteiger charge is 2.39. The molecule has 0 spiro atoms. The number of rotatable bonds is 1. The summed E-state index contributed by atoms with van der Waals surface area (Å²) < 4.78 is 65.3. The molecule has 1 heterocycles. The van der Waals surface area contributed by atoms with E-state index in [1.165, 1.54) is 7.05 Å². The first-order valence-corrected chi connectivity index (χ1v) is 4.99. The lowest BCUT2D eigenvalue weighted by Gasteiger charge is -2.09. The van der Waals surface area contributed by atoms with E-state index in [9.17, 15) is 22.0 Å². The molecule has 0 saturated carbocycles. The van der Waals surface area contributed by atoms with Gasteiger partial charge in [-0.1, -0.05) is 5.16 Å². The van der Waals surface area contributed by atoms with Crippen molar-refractivity contribution in [2.24, 2.45) is 12.2 Å². The number of benzene rings is 1. The van der Waals surface area contributed by atoms with E-state index in [4.69, 9.17) is 5.21 Å². The monoisotopic (exact) mass is 278 g/mol. The Bertz CT molecular complexity index is 672. The van der Waals surface area contributed by atoms with Gasteiger partial charge in [-0.2, -0.15) is 13.2 Å². The first kappa shape index (κ1) is 13.3. The molecule has 0 amide bonds.